The van der Waals surface area contributed by atoms with Gasteiger partial charge in [0.2, 0.25) is 0 Å². The Morgan fingerprint density at radius 1 is 0.879 bits per heavy atom. The third-order valence-electron chi connectivity index (χ3n) is 5.72. The highest BCUT2D eigenvalue weighted by Gasteiger charge is 2.41. The van der Waals surface area contributed by atoms with Gasteiger partial charge < -0.3 is 15.0 Å². The molecule has 1 heterocycles. The molecule has 0 saturated carbocycles. The minimum Gasteiger partial charge on any atom is -0.496 e. The number of hydrogen-bond acceptors (Lipinski definition) is 5. The highest BCUT2D eigenvalue weighted by Crippen LogP contribution is 2.37. The molecule has 33 heavy (non-hydrogen) atoms. The van der Waals surface area contributed by atoms with Crippen LogP contribution in [0.1, 0.15) is 18.1 Å². The van der Waals surface area contributed by atoms with E-state index in [0.717, 1.165) is 17.8 Å². The largest absolute Gasteiger partial charge is 0.496 e. The Hall–Kier alpha value is -4.06. The lowest BCUT2D eigenvalue weighted by Gasteiger charge is -2.18. The lowest BCUT2D eigenvalue weighted by Crippen LogP contribution is -2.32. The van der Waals surface area contributed by atoms with E-state index in [4.69, 9.17) is 4.74 Å². The van der Waals surface area contributed by atoms with E-state index in [9.17, 15) is 9.59 Å². The van der Waals surface area contributed by atoms with Crippen molar-refractivity contribution in [1.29, 1.82) is 0 Å². The lowest BCUT2D eigenvalue weighted by molar-refractivity contribution is -0.120. The van der Waals surface area contributed by atoms with E-state index >= 15 is 0 Å². The van der Waals surface area contributed by atoms with Gasteiger partial charge in [0.15, 0.2) is 0 Å². The second-order valence-electron chi connectivity index (χ2n) is 7.98. The molecule has 0 fully saturated rings. The summed E-state index contributed by atoms with van der Waals surface area (Å²) in [4.78, 5) is 30.4. The van der Waals surface area contributed by atoms with Crippen LogP contribution in [-0.2, 0) is 16.0 Å². The number of hydrogen-bond donors (Lipinski definition) is 1. The minimum absolute atomic E-state index is 0.227. The molecule has 4 rings (SSSR count). The van der Waals surface area contributed by atoms with E-state index in [-0.39, 0.29) is 11.3 Å². The molecule has 6 heteroatoms. The Kier molecular flexibility index (Phi) is 6.18. The van der Waals surface area contributed by atoms with Crippen molar-refractivity contribution >= 4 is 34.4 Å². The summed E-state index contributed by atoms with van der Waals surface area (Å²) >= 11 is 0. The number of nitrogens with one attached hydrogen (secondary N) is 1. The van der Waals surface area contributed by atoms with Crippen molar-refractivity contribution < 1.29 is 14.3 Å². The van der Waals surface area contributed by atoms with E-state index in [1.54, 1.807) is 31.4 Å². The van der Waals surface area contributed by atoms with Crippen molar-refractivity contribution in [2.45, 2.75) is 13.3 Å². The summed E-state index contributed by atoms with van der Waals surface area (Å²) in [5.41, 5.74) is 4.50. The van der Waals surface area contributed by atoms with Crippen LogP contribution in [0.25, 0.3) is 5.57 Å². The van der Waals surface area contributed by atoms with Crippen LogP contribution in [0.5, 0.6) is 5.75 Å². The fraction of sp³-hybridized carbons (Fsp3) is 0.185. The van der Waals surface area contributed by atoms with Gasteiger partial charge in [-0.3, -0.25) is 9.59 Å². The maximum Gasteiger partial charge on any atom is 0.282 e. The Bertz CT molecular complexity index is 1210. The van der Waals surface area contributed by atoms with Gasteiger partial charge in [0.25, 0.3) is 11.8 Å². The maximum atomic E-state index is 13.6. The van der Waals surface area contributed by atoms with E-state index in [1.165, 1.54) is 10.5 Å². The number of para-hydroxylation sites is 1. The molecule has 1 N–H and O–H groups in total. The van der Waals surface area contributed by atoms with Crippen molar-refractivity contribution in [3.8, 4) is 5.75 Å². The Labute approximate surface area is 194 Å². The maximum absolute atomic E-state index is 13.6. The Balaban J connectivity index is 1.80. The zero-order chi connectivity index (χ0) is 23.5. The number of aryl methyl sites for hydroxylation is 1. The molecule has 0 unspecified atom stereocenters. The standard InChI is InChI=1S/C27H27N3O3/c1-5-18-10-12-19(13-11-18)28-25-24(22-8-6-7-9-23(22)33-4)26(31)30(27(25)32)21-16-14-20(15-17-21)29(2)3/h6-17,28H,5H2,1-4H3. The van der Waals surface area contributed by atoms with Gasteiger partial charge >= 0.3 is 0 Å². The molecule has 6 nitrogen and oxygen atoms in total. The monoisotopic (exact) mass is 441 g/mol. The molecule has 3 aromatic rings. The van der Waals surface area contributed by atoms with E-state index in [1.807, 2.05) is 67.5 Å². The number of methoxy groups -OCH3 is 1. The molecule has 0 radical (unpaired) electrons. The average Bonchev–Trinajstić information content (AvgIpc) is 3.08. The zero-order valence-corrected chi connectivity index (χ0v) is 19.3. The van der Waals surface area contributed by atoms with Gasteiger partial charge in [0.05, 0.1) is 18.4 Å². The number of amides is 2. The van der Waals surface area contributed by atoms with Gasteiger partial charge in [-0.05, 0) is 54.4 Å². The quantitative estimate of drug-likeness (QED) is 0.538. The lowest BCUT2D eigenvalue weighted by atomic mass is 10.0. The first-order valence-corrected chi connectivity index (χ1v) is 10.8. The first-order chi connectivity index (χ1) is 15.9. The molecule has 0 saturated heterocycles. The molecule has 0 spiro atoms. The van der Waals surface area contributed by atoms with Crippen molar-refractivity contribution in [3.63, 3.8) is 0 Å². The summed E-state index contributed by atoms with van der Waals surface area (Å²) in [5.74, 6) is -0.271. The fourth-order valence-corrected chi connectivity index (χ4v) is 3.85. The fourth-order valence-electron chi connectivity index (χ4n) is 3.85. The molecule has 3 aromatic carbocycles. The van der Waals surface area contributed by atoms with Gasteiger partial charge in [-0.1, -0.05) is 37.3 Å². The molecule has 1 aliphatic heterocycles. The summed E-state index contributed by atoms with van der Waals surface area (Å²) in [6.07, 6.45) is 0.920. The van der Waals surface area contributed by atoms with Crippen LogP contribution in [0.3, 0.4) is 0 Å². The predicted octanol–water partition coefficient (Wildman–Crippen LogP) is 4.72. The first-order valence-electron chi connectivity index (χ1n) is 10.8. The van der Waals surface area contributed by atoms with Gasteiger partial charge in [-0.15, -0.1) is 0 Å². The van der Waals surface area contributed by atoms with Crippen LogP contribution in [0, 0.1) is 0 Å². The number of imide groups is 1. The van der Waals surface area contributed by atoms with E-state index in [2.05, 4.69) is 12.2 Å². The number of rotatable bonds is 7. The second-order valence-corrected chi connectivity index (χ2v) is 7.98. The topological polar surface area (TPSA) is 61.9 Å². The third-order valence-corrected chi connectivity index (χ3v) is 5.72. The van der Waals surface area contributed by atoms with Gasteiger partial charge in [-0.2, -0.15) is 0 Å². The number of nitrogens with zero attached hydrogens (tertiary/aromatic N) is 2. The molecule has 168 valence electrons. The minimum atomic E-state index is -0.405. The number of carbonyl (C=O) groups excluding carboxylic acids is 2. The molecule has 1 aliphatic rings. The van der Waals surface area contributed by atoms with Crippen molar-refractivity contribution in [3.05, 3.63) is 89.6 Å². The SMILES string of the molecule is CCc1ccc(NC2=C(c3ccccc3OC)C(=O)N(c3ccc(N(C)C)cc3)C2=O)cc1. The summed E-state index contributed by atoms with van der Waals surface area (Å²) in [6.45, 7) is 2.09. The number of anilines is 3. The molecule has 0 atom stereocenters. The van der Waals surface area contributed by atoms with Gasteiger partial charge in [-0.25, -0.2) is 4.90 Å². The second kappa shape index (κ2) is 9.20. The first kappa shape index (κ1) is 22.1. The number of benzene rings is 3. The molecular formula is C27H27N3O3. The van der Waals surface area contributed by atoms with Gasteiger partial charge in [0.1, 0.15) is 11.4 Å². The predicted molar refractivity (Wildman–Crippen MR) is 133 cm³/mol. The summed E-state index contributed by atoms with van der Waals surface area (Å²) in [6, 6.07) is 22.4. The average molecular weight is 442 g/mol. The van der Waals surface area contributed by atoms with E-state index < -0.39 is 11.8 Å². The molecule has 2 amide bonds. The van der Waals surface area contributed by atoms with Crippen LogP contribution in [0.15, 0.2) is 78.5 Å². The van der Waals surface area contributed by atoms with Crippen molar-refractivity contribution in [2.24, 2.45) is 0 Å². The van der Waals surface area contributed by atoms with Crippen molar-refractivity contribution in [2.75, 3.05) is 36.3 Å². The van der Waals surface area contributed by atoms with Crippen LogP contribution in [-0.4, -0.2) is 33.0 Å². The summed E-state index contributed by atoms with van der Waals surface area (Å²) in [7, 11) is 5.43. The Morgan fingerprint density at radius 2 is 1.55 bits per heavy atom. The van der Waals surface area contributed by atoms with Crippen LogP contribution in [0.4, 0.5) is 17.1 Å². The third kappa shape index (κ3) is 4.20. The zero-order valence-electron chi connectivity index (χ0n) is 19.3. The van der Waals surface area contributed by atoms with E-state index in [0.29, 0.717) is 17.0 Å². The smallest absolute Gasteiger partial charge is 0.282 e. The highest BCUT2D eigenvalue weighted by atomic mass is 16.5. The molecule has 0 bridgehead atoms. The number of carbonyl (C=O) groups is 2. The normalized spacial score (nSPS) is 13.5. The van der Waals surface area contributed by atoms with Crippen LogP contribution >= 0.6 is 0 Å². The Morgan fingerprint density at radius 3 is 2.15 bits per heavy atom. The highest BCUT2D eigenvalue weighted by molar-refractivity contribution is 6.46. The molecule has 0 aliphatic carbocycles. The van der Waals surface area contributed by atoms with Crippen molar-refractivity contribution in [1.82, 2.24) is 0 Å². The van der Waals surface area contributed by atoms with Gasteiger partial charge in [0, 0.05) is 31.0 Å². The summed E-state index contributed by atoms with van der Waals surface area (Å²) in [5, 5.41) is 3.21. The number of ether oxygens (including phenoxy) is 1. The summed E-state index contributed by atoms with van der Waals surface area (Å²) < 4.78 is 5.50. The van der Waals surface area contributed by atoms with Crippen LogP contribution < -0.4 is 19.9 Å². The molecule has 0 aromatic heterocycles. The molecular weight excluding hydrogens is 414 g/mol. The van der Waals surface area contributed by atoms with Crippen LogP contribution in [0.2, 0.25) is 0 Å².